The van der Waals surface area contributed by atoms with Gasteiger partial charge >= 0.3 is 5.97 Å². The number of aromatic nitrogens is 2. The highest BCUT2D eigenvalue weighted by Crippen LogP contribution is 2.18. The third-order valence-corrected chi connectivity index (χ3v) is 3.14. The van der Waals surface area contributed by atoms with Gasteiger partial charge in [-0.05, 0) is 14.0 Å². The number of nitrogens with zero attached hydrogens (tertiary/aromatic N) is 4. The lowest BCUT2D eigenvalue weighted by molar-refractivity contribution is 0.0690. The summed E-state index contributed by atoms with van der Waals surface area (Å²) in [6, 6.07) is 0.382. The van der Waals surface area contributed by atoms with Gasteiger partial charge < -0.3 is 14.9 Å². The molecule has 0 spiro atoms. The standard InChI is InChI=1S/C11H16N4O2/c1-8-7-15(6-5-14(8)2)10-9(11(16)17)12-3-4-13-10/h3-4,8H,5-7H2,1-2H3,(H,16,17). The molecule has 1 aliphatic rings. The average molecular weight is 236 g/mol. The number of hydrogen-bond donors (Lipinski definition) is 1. The molecule has 0 aromatic carbocycles. The van der Waals surface area contributed by atoms with Crippen LogP contribution in [0.15, 0.2) is 12.4 Å². The Kier molecular flexibility index (Phi) is 3.23. The monoisotopic (exact) mass is 236 g/mol. The van der Waals surface area contributed by atoms with Crippen LogP contribution in [0.1, 0.15) is 17.4 Å². The van der Waals surface area contributed by atoms with Crippen LogP contribution in [0, 0.1) is 0 Å². The molecule has 1 atom stereocenters. The number of piperazine rings is 1. The minimum atomic E-state index is -1.03. The lowest BCUT2D eigenvalue weighted by Gasteiger charge is -2.38. The number of likely N-dealkylation sites (N-methyl/N-ethyl adjacent to an activating group) is 1. The topological polar surface area (TPSA) is 69.6 Å². The molecule has 1 aromatic rings. The van der Waals surface area contributed by atoms with Crippen LogP contribution < -0.4 is 4.90 Å². The third-order valence-electron chi connectivity index (χ3n) is 3.14. The zero-order valence-corrected chi connectivity index (χ0v) is 10.00. The molecule has 2 heterocycles. The summed E-state index contributed by atoms with van der Waals surface area (Å²) in [5, 5.41) is 9.07. The van der Waals surface area contributed by atoms with E-state index in [1.54, 1.807) is 0 Å². The fourth-order valence-electron chi connectivity index (χ4n) is 1.95. The van der Waals surface area contributed by atoms with Gasteiger partial charge in [-0.3, -0.25) is 0 Å². The summed E-state index contributed by atoms with van der Waals surface area (Å²) < 4.78 is 0. The Morgan fingerprint density at radius 2 is 2.12 bits per heavy atom. The lowest BCUT2D eigenvalue weighted by atomic mass is 10.2. The molecule has 0 amide bonds. The van der Waals surface area contributed by atoms with Crippen molar-refractivity contribution in [3.05, 3.63) is 18.1 Å². The normalized spacial score (nSPS) is 21.5. The second kappa shape index (κ2) is 4.67. The first-order valence-corrected chi connectivity index (χ1v) is 5.59. The number of aromatic carboxylic acids is 1. The number of anilines is 1. The van der Waals surface area contributed by atoms with Gasteiger partial charge in [-0.25, -0.2) is 14.8 Å². The van der Waals surface area contributed by atoms with Crippen LogP contribution in [0.2, 0.25) is 0 Å². The van der Waals surface area contributed by atoms with Crippen molar-refractivity contribution in [3.63, 3.8) is 0 Å². The van der Waals surface area contributed by atoms with E-state index in [4.69, 9.17) is 5.11 Å². The third kappa shape index (κ3) is 2.36. The largest absolute Gasteiger partial charge is 0.476 e. The summed E-state index contributed by atoms with van der Waals surface area (Å²) in [6.07, 6.45) is 2.94. The SMILES string of the molecule is CC1CN(c2nccnc2C(=O)O)CCN1C. The molecule has 6 heteroatoms. The van der Waals surface area contributed by atoms with Gasteiger partial charge in [0.15, 0.2) is 11.5 Å². The van der Waals surface area contributed by atoms with Gasteiger partial charge in [-0.15, -0.1) is 0 Å². The second-order valence-electron chi connectivity index (χ2n) is 4.31. The molecule has 1 fully saturated rings. The summed E-state index contributed by atoms with van der Waals surface area (Å²) in [5.41, 5.74) is 0.0317. The van der Waals surface area contributed by atoms with Gasteiger partial charge in [0, 0.05) is 38.1 Å². The van der Waals surface area contributed by atoms with Gasteiger partial charge in [0.2, 0.25) is 0 Å². The molecule has 1 aromatic heterocycles. The zero-order valence-electron chi connectivity index (χ0n) is 10.00. The van der Waals surface area contributed by atoms with Crippen molar-refractivity contribution in [2.45, 2.75) is 13.0 Å². The van der Waals surface area contributed by atoms with E-state index >= 15 is 0 Å². The Morgan fingerprint density at radius 1 is 1.41 bits per heavy atom. The highest BCUT2D eigenvalue weighted by atomic mass is 16.4. The highest BCUT2D eigenvalue weighted by molar-refractivity contribution is 5.90. The van der Waals surface area contributed by atoms with Crippen LogP contribution in [-0.4, -0.2) is 58.7 Å². The van der Waals surface area contributed by atoms with Crippen LogP contribution in [-0.2, 0) is 0 Å². The quantitative estimate of drug-likeness (QED) is 0.797. The molecular formula is C11H16N4O2. The maximum Gasteiger partial charge on any atom is 0.358 e. The summed E-state index contributed by atoms with van der Waals surface area (Å²) in [4.78, 5) is 23.3. The van der Waals surface area contributed by atoms with Gasteiger partial charge in [-0.2, -0.15) is 0 Å². The number of hydrogen-bond acceptors (Lipinski definition) is 5. The van der Waals surface area contributed by atoms with E-state index in [0.29, 0.717) is 11.9 Å². The molecule has 92 valence electrons. The molecule has 2 rings (SSSR count). The van der Waals surface area contributed by atoms with Gasteiger partial charge in [-0.1, -0.05) is 0 Å². The minimum absolute atomic E-state index is 0.0317. The molecule has 17 heavy (non-hydrogen) atoms. The summed E-state index contributed by atoms with van der Waals surface area (Å²) >= 11 is 0. The Hall–Kier alpha value is -1.69. The molecule has 6 nitrogen and oxygen atoms in total. The van der Waals surface area contributed by atoms with Gasteiger partial charge in [0.05, 0.1) is 0 Å². The first kappa shape index (κ1) is 11.8. The predicted molar refractivity (Wildman–Crippen MR) is 63.3 cm³/mol. The van der Waals surface area contributed by atoms with Crippen LogP contribution in [0.3, 0.4) is 0 Å². The zero-order chi connectivity index (χ0) is 12.4. The second-order valence-corrected chi connectivity index (χ2v) is 4.31. The van der Waals surface area contributed by atoms with Crippen molar-refractivity contribution >= 4 is 11.8 Å². The van der Waals surface area contributed by atoms with Gasteiger partial charge in [0.1, 0.15) is 0 Å². The van der Waals surface area contributed by atoms with Crippen LogP contribution in [0.25, 0.3) is 0 Å². The Morgan fingerprint density at radius 3 is 2.76 bits per heavy atom. The Balaban J connectivity index is 2.25. The van der Waals surface area contributed by atoms with Crippen molar-refractivity contribution in [1.29, 1.82) is 0 Å². The number of carboxylic acid groups (broad SMARTS) is 1. The van der Waals surface area contributed by atoms with E-state index in [1.165, 1.54) is 12.4 Å². The van der Waals surface area contributed by atoms with E-state index < -0.39 is 5.97 Å². The van der Waals surface area contributed by atoms with Crippen molar-refractivity contribution in [3.8, 4) is 0 Å². The Labute approximate surface area is 99.9 Å². The van der Waals surface area contributed by atoms with E-state index in [1.807, 2.05) is 4.90 Å². The van der Waals surface area contributed by atoms with Crippen LogP contribution >= 0.6 is 0 Å². The smallest absolute Gasteiger partial charge is 0.358 e. The fourth-order valence-corrected chi connectivity index (χ4v) is 1.95. The van der Waals surface area contributed by atoms with E-state index in [2.05, 4.69) is 28.8 Å². The maximum atomic E-state index is 11.1. The molecule has 1 saturated heterocycles. The maximum absolute atomic E-state index is 11.1. The molecular weight excluding hydrogens is 220 g/mol. The summed E-state index contributed by atoms with van der Waals surface area (Å²) in [6.45, 7) is 4.56. The highest BCUT2D eigenvalue weighted by Gasteiger charge is 2.25. The first-order chi connectivity index (χ1) is 8.09. The van der Waals surface area contributed by atoms with E-state index in [0.717, 1.165) is 19.6 Å². The average Bonchev–Trinajstić information content (AvgIpc) is 2.32. The first-order valence-electron chi connectivity index (χ1n) is 5.59. The van der Waals surface area contributed by atoms with Crippen LogP contribution in [0.5, 0.6) is 0 Å². The number of carboxylic acids is 1. The van der Waals surface area contributed by atoms with Crippen molar-refractivity contribution in [1.82, 2.24) is 14.9 Å². The van der Waals surface area contributed by atoms with E-state index in [-0.39, 0.29) is 5.69 Å². The molecule has 0 aliphatic carbocycles. The number of rotatable bonds is 2. The molecule has 0 radical (unpaired) electrons. The minimum Gasteiger partial charge on any atom is -0.476 e. The van der Waals surface area contributed by atoms with Crippen molar-refractivity contribution < 1.29 is 9.90 Å². The summed E-state index contributed by atoms with van der Waals surface area (Å²) in [7, 11) is 2.07. The summed E-state index contributed by atoms with van der Waals surface area (Å²) in [5.74, 6) is -0.556. The van der Waals surface area contributed by atoms with Crippen molar-refractivity contribution in [2.24, 2.45) is 0 Å². The molecule has 1 unspecified atom stereocenters. The predicted octanol–water partition coefficient (Wildman–Crippen LogP) is 0.315. The molecule has 1 N–H and O–H groups in total. The van der Waals surface area contributed by atoms with Gasteiger partial charge in [0.25, 0.3) is 0 Å². The Bertz CT molecular complexity index is 424. The molecule has 0 saturated carbocycles. The lowest BCUT2D eigenvalue weighted by Crippen LogP contribution is -2.50. The fraction of sp³-hybridized carbons (Fsp3) is 0.545. The van der Waals surface area contributed by atoms with Crippen LogP contribution in [0.4, 0.5) is 5.82 Å². The molecule has 0 bridgehead atoms. The number of carbonyl (C=O) groups is 1. The molecule has 1 aliphatic heterocycles. The van der Waals surface area contributed by atoms with E-state index in [9.17, 15) is 4.79 Å². The van der Waals surface area contributed by atoms with Crippen molar-refractivity contribution in [2.75, 3.05) is 31.6 Å².